The van der Waals surface area contributed by atoms with E-state index < -0.39 is 11.9 Å². The standard InChI is InChI=1S/C27H41N3O.C2H2O4/c1-5-7-8-9-10-17-30-19-15-23(22(6-2)21-30)14-18-29(3)27-13-16-28-26-12-11-24(31-4)20-25(26)27;3-1(4)2(5)6/h6,11-13,16,20,22-23H,2,5,7-10,14-15,17-19,21H2,1,3-4H3;(H,3,4)(H,5,6)/t22-,23+;/m0./s1. The molecular formula is C29H43N3O5. The summed E-state index contributed by atoms with van der Waals surface area (Å²) in [5.41, 5.74) is 2.24. The van der Waals surface area contributed by atoms with Crippen LogP contribution in [0.25, 0.3) is 10.9 Å². The third-order valence-electron chi connectivity index (χ3n) is 7.13. The molecule has 1 fully saturated rings. The molecule has 1 aromatic carbocycles. The minimum atomic E-state index is -1.82. The maximum absolute atomic E-state index is 9.10. The number of carboxylic acids is 2. The second kappa shape index (κ2) is 15.9. The molecular weight excluding hydrogens is 470 g/mol. The second-order valence-corrected chi connectivity index (χ2v) is 9.70. The number of nitrogens with zero attached hydrogens (tertiary/aromatic N) is 3. The normalized spacial score (nSPS) is 17.5. The molecule has 0 radical (unpaired) electrons. The first-order chi connectivity index (χ1) is 17.8. The van der Waals surface area contributed by atoms with Gasteiger partial charge in [0, 0.05) is 37.4 Å². The topological polar surface area (TPSA) is 103 Å². The second-order valence-electron chi connectivity index (χ2n) is 9.70. The summed E-state index contributed by atoms with van der Waals surface area (Å²) in [5, 5.41) is 15.9. The van der Waals surface area contributed by atoms with Gasteiger partial charge in [-0.25, -0.2) is 9.59 Å². The summed E-state index contributed by atoms with van der Waals surface area (Å²) in [6.07, 6.45) is 13.4. The zero-order valence-electron chi connectivity index (χ0n) is 22.6. The summed E-state index contributed by atoms with van der Waals surface area (Å²) in [5.74, 6) is -1.44. The van der Waals surface area contributed by atoms with E-state index in [2.05, 4.69) is 53.5 Å². The number of piperidine rings is 1. The molecule has 2 aromatic rings. The molecule has 0 bridgehead atoms. The number of hydrogen-bond donors (Lipinski definition) is 2. The maximum Gasteiger partial charge on any atom is 0.414 e. The number of aliphatic carboxylic acids is 2. The molecule has 0 unspecified atom stereocenters. The number of aromatic nitrogens is 1. The van der Waals surface area contributed by atoms with Gasteiger partial charge in [0.2, 0.25) is 0 Å². The first-order valence-corrected chi connectivity index (χ1v) is 13.3. The van der Waals surface area contributed by atoms with Gasteiger partial charge in [0.15, 0.2) is 0 Å². The molecule has 1 saturated heterocycles. The van der Waals surface area contributed by atoms with Gasteiger partial charge in [-0.3, -0.25) is 4.98 Å². The summed E-state index contributed by atoms with van der Waals surface area (Å²) in [6.45, 7) is 11.2. The number of likely N-dealkylation sites (tertiary alicyclic amines) is 1. The van der Waals surface area contributed by atoms with Crippen molar-refractivity contribution in [2.45, 2.75) is 51.9 Å². The average molecular weight is 514 g/mol. The van der Waals surface area contributed by atoms with Crippen LogP contribution in [-0.2, 0) is 9.59 Å². The molecule has 8 heteroatoms. The molecule has 0 saturated carbocycles. The van der Waals surface area contributed by atoms with Crippen molar-refractivity contribution < 1.29 is 24.5 Å². The lowest BCUT2D eigenvalue weighted by Crippen LogP contribution is -2.41. The van der Waals surface area contributed by atoms with E-state index in [0.29, 0.717) is 5.92 Å². The van der Waals surface area contributed by atoms with E-state index in [1.54, 1.807) is 7.11 Å². The Labute approximate surface area is 220 Å². The van der Waals surface area contributed by atoms with Gasteiger partial charge in [-0.2, -0.15) is 0 Å². The number of methoxy groups -OCH3 is 1. The highest BCUT2D eigenvalue weighted by atomic mass is 16.5. The number of hydrogen-bond acceptors (Lipinski definition) is 6. The molecule has 1 aliphatic heterocycles. The molecule has 3 rings (SSSR count). The molecule has 1 aromatic heterocycles. The lowest BCUT2D eigenvalue weighted by Gasteiger charge is -2.38. The Hall–Kier alpha value is -3.13. The van der Waals surface area contributed by atoms with E-state index in [9.17, 15) is 0 Å². The zero-order chi connectivity index (χ0) is 27.2. The predicted molar refractivity (Wildman–Crippen MR) is 148 cm³/mol. The zero-order valence-corrected chi connectivity index (χ0v) is 22.6. The van der Waals surface area contributed by atoms with Crippen LogP contribution in [0.3, 0.4) is 0 Å². The van der Waals surface area contributed by atoms with Gasteiger partial charge >= 0.3 is 11.9 Å². The largest absolute Gasteiger partial charge is 0.497 e. The van der Waals surface area contributed by atoms with Crippen molar-refractivity contribution in [2.75, 3.05) is 45.2 Å². The Morgan fingerprint density at radius 3 is 2.57 bits per heavy atom. The van der Waals surface area contributed by atoms with Crippen molar-refractivity contribution in [3.8, 4) is 5.75 Å². The van der Waals surface area contributed by atoms with Crippen molar-refractivity contribution in [1.29, 1.82) is 0 Å². The van der Waals surface area contributed by atoms with Gasteiger partial charge in [-0.15, -0.1) is 6.58 Å². The number of carboxylic acid groups (broad SMARTS) is 2. The summed E-state index contributed by atoms with van der Waals surface area (Å²) in [7, 11) is 3.91. The molecule has 2 atom stereocenters. The highest BCUT2D eigenvalue weighted by Gasteiger charge is 2.27. The quantitative estimate of drug-likeness (QED) is 0.223. The lowest BCUT2D eigenvalue weighted by molar-refractivity contribution is -0.159. The molecule has 0 spiro atoms. The van der Waals surface area contributed by atoms with Crippen LogP contribution in [0, 0.1) is 11.8 Å². The van der Waals surface area contributed by atoms with Gasteiger partial charge in [-0.05, 0) is 68.5 Å². The van der Waals surface area contributed by atoms with Gasteiger partial charge in [0.25, 0.3) is 0 Å². The van der Waals surface area contributed by atoms with E-state index in [1.165, 1.54) is 70.3 Å². The van der Waals surface area contributed by atoms with Gasteiger partial charge in [0.1, 0.15) is 5.75 Å². The predicted octanol–water partition coefficient (Wildman–Crippen LogP) is 5.32. The number of unbranched alkanes of at least 4 members (excludes halogenated alkanes) is 4. The van der Waals surface area contributed by atoms with Crippen molar-refractivity contribution in [3.05, 3.63) is 43.1 Å². The number of ether oxygens (including phenoxy) is 1. The number of fused-ring (bicyclic) bond motifs is 1. The van der Waals surface area contributed by atoms with Crippen LogP contribution >= 0.6 is 0 Å². The number of rotatable bonds is 12. The minimum Gasteiger partial charge on any atom is -0.497 e. The summed E-state index contributed by atoms with van der Waals surface area (Å²) in [6, 6.07) is 8.23. The van der Waals surface area contributed by atoms with Crippen molar-refractivity contribution in [3.63, 3.8) is 0 Å². The van der Waals surface area contributed by atoms with E-state index in [-0.39, 0.29) is 0 Å². The SMILES string of the molecule is C=C[C@H]1CN(CCCCCCC)CC[C@H]1CCN(C)c1ccnc2ccc(OC)cc12.O=C(O)C(=O)O. The summed E-state index contributed by atoms with van der Waals surface area (Å²) < 4.78 is 5.44. The lowest BCUT2D eigenvalue weighted by atomic mass is 9.83. The van der Waals surface area contributed by atoms with Crippen LogP contribution in [0.2, 0.25) is 0 Å². The van der Waals surface area contributed by atoms with Crippen molar-refractivity contribution in [1.82, 2.24) is 9.88 Å². The van der Waals surface area contributed by atoms with Gasteiger partial charge in [0.05, 0.1) is 12.6 Å². The fraction of sp³-hybridized carbons (Fsp3) is 0.552. The highest BCUT2D eigenvalue weighted by Crippen LogP contribution is 2.31. The molecule has 204 valence electrons. The van der Waals surface area contributed by atoms with Crippen LogP contribution in [0.5, 0.6) is 5.75 Å². The van der Waals surface area contributed by atoms with Crippen LogP contribution in [0.4, 0.5) is 5.69 Å². The van der Waals surface area contributed by atoms with Crippen molar-refractivity contribution >= 4 is 28.5 Å². The van der Waals surface area contributed by atoms with E-state index in [0.717, 1.165) is 29.1 Å². The number of pyridine rings is 1. The van der Waals surface area contributed by atoms with Crippen LogP contribution < -0.4 is 9.64 Å². The van der Waals surface area contributed by atoms with Crippen LogP contribution in [0.1, 0.15) is 51.9 Å². The van der Waals surface area contributed by atoms with E-state index in [4.69, 9.17) is 24.5 Å². The number of carbonyl (C=O) groups is 2. The first kappa shape index (κ1) is 30.1. The Morgan fingerprint density at radius 1 is 1.19 bits per heavy atom. The average Bonchev–Trinajstić information content (AvgIpc) is 2.91. The minimum absolute atomic E-state index is 0.604. The van der Waals surface area contributed by atoms with Gasteiger partial charge in [-0.1, -0.05) is 38.7 Å². The number of anilines is 1. The van der Waals surface area contributed by atoms with E-state index >= 15 is 0 Å². The first-order valence-electron chi connectivity index (χ1n) is 13.3. The Kier molecular flexibility index (Phi) is 12.9. The Bertz CT molecular complexity index is 1000. The van der Waals surface area contributed by atoms with Gasteiger partial charge < -0.3 is 24.7 Å². The van der Waals surface area contributed by atoms with Crippen LogP contribution in [-0.4, -0.2) is 72.4 Å². The van der Waals surface area contributed by atoms with E-state index in [1.807, 2.05) is 18.3 Å². The molecule has 8 nitrogen and oxygen atoms in total. The molecule has 2 N–H and O–H groups in total. The Balaban J connectivity index is 0.000000717. The molecule has 37 heavy (non-hydrogen) atoms. The molecule has 2 heterocycles. The third-order valence-corrected chi connectivity index (χ3v) is 7.13. The number of benzene rings is 1. The molecule has 1 aliphatic rings. The highest BCUT2D eigenvalue weighted by molar-refractivity contribution is 6.27. The maximum atomic E-state index is 9.10. The third kappa shape index (κ3) is 9.69. The summed E-state index contributed by atoms with van der Waals surface area (Å²) >= 11 is 0. The fourth-order valence-corrected chi connectivity index (χ4v) is 4.92. The smallest absolute Gasteiger partial charge is 0.414 e. The molecule has 0 aliphatic carbocycles. The monoisotopic (exact) mass is 513 g/mol. The molecule has 0 amide bonds. The van der Waals surface area contributed by atoms with Crippen molar-refractivity contribution in [2.24, 2.45) is 11.8 Å². The Morgan fingerprint density at radius 2 is 1.92 bits per heavy atom. The fourth-order valence-electron chi connectivity index (χ4n) is 4.92. The summed E-state index contributed by atoms with van der Waals surface area (Å²) in [4.78, 5) is 27.8. The van der Waals surface area contributed by atoms with Crippen LogP contribution in [0.15, 0.2) is 43.1 Å².